The van der Waals surface area contributed by atoms with E-state index < -0.39 is 18.2 Å². The van der Waals surface area contributed by atoms with E-state index >= 15 is 0 Å². The van der Waals surface area contributed by atoms with Crippen LogP contribution in [0, 0.1) is 5.92 Å². The molecule has 2 N–H and O–H groups in total. The average Bonchev–Trinajstić information content (AvgIpc) is 2.11. The van der Waals surface area contributed by atoms with E-state index in [2.05, 4.69) is 12.2 Å². The summed E-state index contributed by atoms with van der Waals surface area (Å²) in [5, 5.41) is 12.8. The first-order valence-electron chi connectivity index (χ1n) is 5.81. The summed E-state index contributed by atoms with van der Waals surface area (Å²) < 4.78 is 35.6. The highest BCUT2D eigenvalue weighted by molar-refractivity contribution is 4.86. The third-order valence-corrected chi connectivity index (χ3v) is 3.11. The van der Waals surface area contributed by atoms with E-state index in [0.29, 0.717) is 18.8 Å². The number of rotatable bonds is 4. The van der Waals surface area contributed by atoms with Gasteiger partial charge >= 0.3 is 6.18 Å². The Kier molecular flexibility index (Phi) is 4.62. The molecule has 0 amide bonds. The Morgan fingerprint density at radius 1 is 1.44 bits per heavy atom. The summed E-state index contributed by atoms with van der Waals surface area (Å²) in [6.45, 7) is 2.23. The van der Waals surface area contributed by atoms with Crippen LogP contribution >= 0.6 is 0 Å². The molecule has 2 atom stereocenters. The maximum absolute atomic E-state index is 11.9. The Balaban J connectivity index is 2.21. The van der Waals surface area contributed by atoms with Gasteiger partial charge in [0.05, 0.1) is 12.0 Å². The van der Waals surface area contributed by atoms with Crippen LogP contribution in [-0.4, -0.2) is 30.0 Å². The van der Waals surface area contributed by atoms with Gasteiger partial charge in [0.2, 0.25) is 0 Å². The predicted molar refractivity (Wildman–Crippen MR) is 56.1 cm³/mol. The summed E-state index contributed by atoms with van der Waals surface area (Å²) in [5.74, 6) is 0.461. The lowest BCUT2D eigenvalue weighted by molar-refractivity contribution is -0.134. The van der Waals surface area contributed by atoms with Crippen molar-refractivity contribution in [1.82, 2.24) is 5.32 Å². The molecule has 1 aliphatic carbocycles. The van der Waals surface area contributed by atoms with Crippen LogP contribution in [0.2, 0.25) is 0 Å². The molecule has 0 aromatic rings. The number of hydrogen-bond acceptors (Lipinski definition) is 2. The van der Waals surface area contributed by atoms with Crippen LogP contribution < -0.4 is 5.32 Å². The second kappa shape index (κ2) is 5.36. The predicted octanol–water partition coefficient (Wildman–Crippen LogP) is 2.47. The van der Waals surface area contributed by atoms with E-state index in [9.17, 15) is 18.3 Å². The first-order chi connectivity index (χ1) is 7.31. The number of aliphatic hydroxyl groups is 1. The molecule has 0 aromatic carbocycles. The van der Waals surface area contributed by atoms with Crippen molar-refractivity contribution in [2.45, 2.75) is 50.8 Å². The Hall–Kier alpha value is -0.290. The quantitative estimate of drug-likeness (QED) is 0.739. The van der Waals surface area contributed by atoms with E-state index in [-0.39, 0.29) is 13.1 Å². The van der Waals surface area contributed by atoms with Crippen molar-refractivity contribution in [2.75, 3.05) is 13.1 Å². The first-order valence-corrected chi connectivity index (χ1v) is 5.81. The van der Waals surface area contributed by atoms with Gasteiger partial charge in [-0.3, -0.25) is 0 Å². The Bertz CT molecular complexity index is 220. The highest BCUT2D eigenvalue weighted by Gasteiger charge is 2.32. The smallest absolute Gasteiger partial charge is 0.389 e. The van der Waals surface area contributed by atoms with Crippen LogP contribution in [0.1, 0.15) is 39.0 Å². The molecular weight excluding hydrogens is 219 g/mol. The second-order valence-corrected chi connectivity index (χ2v) is 4.97. The first kappa shape index (κ1) is 13.8. The van der Waals surface area contributed by atoms with Crippen LogP contribution in [0.5, 0.6) is 0 Å². The van der Waals surface area contributed by atoms with E-state index in [1.54, 1.807) is 0 Å². The van der Waals surface area contributed by atoms with Gasteiger partial charge < -0.3 is 10.4 Å². The minimum absolute atomic E-state index is 0.111. The van der Waals surface area contributed by atoms with Crippen LogP contribution in [0.3, 0.4) is 0 Å². The fourth-order valence-corrected chi connectivity index (χ4v) is 2.34. The van der Waals surface area contributed by atoms with Crippen LogP contribution in [-0.2, 0) is 0 Å². The Morgan fingerprint density at radius 2 is 2.12 bits per heavy atom. The molecule has 5 heteroatoms. The third kappa shape index (κ3) is 5.16. The van der Waals surface area contributed by atoms with E-state index in [0.717, 1.165) is 12.8 Å². The number of alkyl halides is 3. The van der Waals surface area contributed by atoms with Gasteiger partial charge in [0.1, 0.15) is 0 Å². The van der Waals surface area contributed by atoms with Crippen molar-refractivity contribution in [2.24, 2.45) is 5.92 Å². The number of nitrogens with one attached hydrogen (secondary N) is 1. The lowest BCUT2D eigenvalue weighted by Gasteiger charge is -2.35. The number of halogens is 3. The lowest BCUT2D eigenvalue weighted by Crippen LogP contribution is -2.44. The van der Waals surface area contributed by atoms with Gasteiger partial charge in [0, 0.05) is 13.1 Å². The molecule has 0 bridgehead atoms. The zero-order valence-electron chi connectivity index (χ0n) is 9.61. The van der Waals surface area contributed by atoms with Crippen LogP contribution in [0.25, 0.3) is 0 Å². The van der Waals surface area contributed by atoms with Crippen molar-refractivity contribution in [3.8, 4) is 0 Å². The fourth-order valence-electron chi connectivity index (χ4n) is 2.34. The highest BCUT2D eigenvalue weighted by Crippen LogP contribution is 2.31. The Labute approximate surface area is 94.2 Å². The van der Waals surface area contributed by atoms with Gasteiger partial charge in [-0.2, -0.15) is 13.2 Å². The van der Waals surface area contributed by atoms with Gasteiger partial charge in [-0.15, -0.1) is 0 Å². The summed E-state index contributed by atoms with van der Waals surface area (Å²) in [6, 6.07) is 0. The minimum atomic E-state index is -4.12. The molecule has 96 valence electrons. The zero-order valence-corrected chi connectivity index (χ0v) is 9.61. The molecular formula is C11H20F3NO. The summed E-state index contributed by atoms with van der Waals surface area (Å²) in [7, 11) is 0. The molecule has 0 heterocycles. The third-order valence-electron chi connectivity index (χ3n) is 3.11. The Morgan fingerprint density at radius 3 is 2.69 bits per heavy atom. The fraction of sp³-hybridized carbons (Fsp3) is 1.00. The van der Waals surface area contributed by atoms with Crippen molar-refractivity contribution < 1.29 is 18.3 Å². The zero-order chi connectivity index (χ0) is 12.2. The van der Waals surface area contributed by atoms with Crippen molar-refractivity contribution in [3.63, 3.8) is 0 Å². The van der Waals surface area contributed by atoms with E-state index in [1.165, 1.54) is 0 Å². The topological polar surface area (TPSA) is 32.3 Å². The molecule has 0 spiro atoms. The normalized spacial score (nSPS) is 31.7. The summed E-state index contributed by atoms with van der Waals surface area (Å²) in [5.41, 5.74) is -0.802. The largest absolute Gasteiger partial charge is 0.390 e. The maximum Gasteiger partial charge on any atom is 0.390 e. The molecule has 1 rings (SSSR count). The molecule has 1 saturated carbocycles. The van der Waals surface area contributed by atoms with Gasteiger partial charge in [0.15, 0.2) is 0 Å². The molecule has 0 radical (unpaired) electrons. The molecule has 1 fully saturated rings. The standard InChI is InChI=1S/C11H20F3NO/c1-9-3-2-4-10(16,7-9)8-15-6-5-11(12,13)14/h9,15-16H,2-8H2,1H3. The SMILES string of the molecule is CC1CCCC(O)(CNCCC(F)(F)F)C1. The maximum atomic E-state index is 11.9. The van der Waals surface area contributed by atoms with Gasteiger partial charge in [-0.25, -0.2) is 0 Å². The lowest BCUT2D eigenvalue weighted by atomic mass is 9.79. The number of hydrogen-bond donors (Lipinski definition) is 2. The average molecular weight is 239 g/mol. The molecule has 0 saturated heterocycles. The van der Waals surface area contributed by atoms with Crippen LogP contribution in [0.15, 0.2) is 0 Å². The second-order valence-electron chi connectivity index (χ2n) is 4.97. The molecule has 0 aliphatic heterocycles. The van der Waals surface area contributed by atoms with Gasteiger partial charge in [-0.1, -0.05) is 19.8 Å². The molecule has 0 aromatic heterocycles. The molecule has 2 nitrogen and oxygen atoms in total. The summed E-state index contributed by atoms with van der Waals surface area (Å²) in [4.78, 5) is 0. The summed E-state index contributed by atoms with van der Waals surface area (Å²) >= 11 is 0. The van der Waals surface area contributed by atoms with Crippen LogP contribution in [0.4, 0.5) is 13.2 Å². The molecule has 1 aliphatic rings. The molecule has 16 heavy (non-hydrogen) atoms. The van der Waals surface area contributed by atoms with E-state index in [4.69, 9.17) is 0 Å². The summed E-state index contributed by atoms with van der Waals surface area (Å²) in [6.07, 6.45) is -1.51. The van der Waals surface area contributed by atoms with Crippen molar-refractivity contribution >= 4 is 0 Å². The van der Waals surface area contributed by atoms with E-state index in [1.807, 2.05) is 0 Å². The van der Waals surface area contributed by atoms with Gasteiger partial charge in [-0.05, 0) is 18.8 Å². The minimum Gasteiger partial charge on any atom is -0.389 e. The van der Waals surface area contributed by atoms with Crippen molar-refractivity contribution in [1.29, 1.82) is 0 Å². The van der Waals surface area contributed by atoms with Gasteiger partial charge in [0.25, 0.3) is 0 Å². The molecule has 2 unspecified atom stereocenters. The monoisotopic (exact) mass is 239 g/mol. The highest BCUT2D eigenvalue weighted by atomic mass is 19.4. The van der Waals surface area contributed by atoms with Crippen molar-refractivity contribution in [3.05, 3.63) is 0 Å².